The zero-order valence-corrected chi connectivity index (χ0v) is 13.7. The predicted molar refractivity (Wildman–Crippen MR) is 84.8 cm³/mol. The second-order valence-electron chi connectivity index (χ2n) is 5.72. The molecule has 0 saturated carbocycles. The number of hydrogen-bond acceptors (Lipinski definition) is 4. The molecule has 0 spiro atoms. The Balaban J connectivity index is 2.26. The highest BCUT2D eigenvalue weighted by atomic mass is 32.2. The van der Waals surface area contributed by atoms with Gasteiger partial charge in [-0.1, -0.05) is 13.8 Å². The number of sulfonamides is 1. The van der Waals surface area contributed by atoms with E-state index in [0.717, 1.165) is 32.2 Å². The fourth-order valence-electron chi connectivity index (χ4n) is 2.59. The Morgan fingerprint density at radius 3 is 2.95 bits per heavy atom. The number of anilines is 1. The minimum Gasteiger partial charge on any atom is -0.369 e. The van der Waals surface area contributed by atoms with Gasteiger partial charge in [0.15, 0.2) is 0 Å². The van der Waals surface area contributed by atoms with Crippen LogP contribution in [0.4, 0.5) is 5.82 Å². The van der Waals surface area contributed by atoms with Crippen LogP contribution in [0.5, 0.6) is 0 Å². The van der Waals surface area contributed by atoms with E-state index in [1.54, 1.807) is 22.6 Å². The van der Waals surface area contributed by atoms with Crippen LogP contribution in [0.25, 0.3) is 0 Å². The molecule has 1 fully saturated rings. The Labute approximate surface area is 127 Å². The number of nitrogens with zero attached hydrogens (tertiary/aromatic N) is 2. The van der Waals surface area contributed by atoms with Gasteiger partial charge in [0.2, 0.25) is 10.0 Å². The van der Waals surface area contributed by atoms with Gasteiger partial charge in [-0.05, 0) is 43.7 Å². The maximum Gasteiger partial charge on any atom is 0.246 e. The molecule has 1 N–H and O–H groups in total. The lowest BCUT2D eigenvalue weighted by atomic mass is 10.0. The molecule has 2 heterocycles. The molecule has 1 atom stereocenters. The van der Waals surface area contributed by atoms with Crippen molar-refractivity contribution in [3.63, 3.8) is 0 Å². The SMILES string of the molecule is CCCNc1ncccc1S(=O)(=O)N1CCCC(C)CC1. The summed E-state index contributed by atoms with van der Waals surface area (Å²) in [6.07, 6.45) is 5.51. The third kappa shape index (κ3) is 3.95. The van der Waals surface area contributed by atoms with Gasteiger partial charge in [0.25, 0.3) is 0 Å². The van der Waals surface area contributed by atoms with Crippen LogP contribution in [-0.4, -0.2) is 37.3 Å². The van der Waals surface area contributed by atoms with Gasteiger partial charge < -0.3 is 5.32 Å². The standard InChI is InChI=1S/C15H25N3O2S/c1-3-9-16-15-14(7-4-10-17-15)21(19,20)18-11-5-6-13(2)8-12-18/h4,7,10,13H,3,5-6,8-9,11-12H2,1-2H3,(H,16,17). The normalized spacial score (nSPS) is 21.0. The quantitative estimate of drug-likeness (QED) is 0.908. The molecule has 0 aromatic carbocycles. The van der Waals surface area contributed by atoms with Crippen molar-refractivity contribution in [1.82, 2.24) is 9.29 Å². The monoisotopic (exact) mass is 311 g/mol. The Bertz CT molecular complexity index is 560. The molecule has 5 nitrogen and oxygen atoms in total. The number of nitrogens with one attached hydrogen (secondary N) is 1. The summed E-state index contributed by atoms with van der Waals surface area (Å²) in [5.41, 5.74) is 0. The molecule has 118 valence electrons. The van der Waals surface area contributed by atoms with Crippen molar-refractivity contribution < 1.29 is 8.42 Å². The highest BCUT2D eigenvalue weighted by Crippen LogP contribution is 2.26. The first kappa shape index (κ1) is 16.2. The molecule has 1 aliphatic heterocycles. The minimum atomic E-state index is -3.46. The topological polar surface area (TPSA) is 62.3 Å². The number of hydrogen-bond donors (Lipinski definition) is 1. The predicted octanol–water partition coefficient (Wildman–Crippen LogP) is 2.71. The summed E-state index contributed by atoms with van der Waals surface area (Å²) in [6, 6.07) is 3.33. The minimum absolute atomic E-state index is 0.299. The zero-order valence-electron chi connectivity index (χ0n) is 12.9. The molecule has 1 aromatic heterocycles. The summed E-state index contributed by atoms with van der Waals surface area (Å²) < 4.78 is 27.4. The maximum absolute atomic E-state index is 12.9. The van der Waals surface area contributed by atoms with E-state index in [0.29, 0.717) is 29.7 Å². The molecule has 1 saturated heterocycles. The molecule has 0 aliphatic carbocycles. The Morgan fingerprint density at radius 2 is 2.19 bits per heavy atom. The van der Waals surface area contributed by atoms with E-state index in [1.807, 2.05) is 6.92 Å². The van der Waals surface area contributed by atoms with E-state index in [1.165, 1.54) is 0 Å². The van der Waals surface area contributed by atoms with Gasteiger partial charge in [0.1, 0.15) is 10.7 Å². The molecule has 1 unspecified atom stereocenters. The lowest BCUT2D eigenvalue weighted by Gasteiger charge is -2.21. The van der Waals surface area contributed by atoms with Gasteiger partial charge >= 0.3 is 0 Å². The van der Waals surface area contributed by atoms with Crippen molar-refractivity contribution in [2.24, 2.45) is 5.92 Å². The lowest BCUT2D eigenvalue weighted by molar-refractivity contribution is 0.417. The molecule has 1 aliphatic rings. The van der Waals surface area contributed by atoms with Crippen molar-refractivity contribution in [2.75, 3.05) is 25.0 Å². The van der Waals surface area contributed by atoms with Crippen molar-refractivity contribution in [3.05, 3.63) is 18.3 Å². The number of aromatic nitrogens is 1. The van der Waals surface area contributed by atoms with E-state index >= 15 is 0 Å². The summed E-state index contributed by atoms with van der Waals surface area (Å²) in [5, 5.41) is 3.12. The van der Waals surface area contributed by atoms with Crippen LogP contribution in [0, 0.1) is 5.92 Å². The van der Waals surface area contributed by atoms with E-state index < -0.39 is 10.0 Å². The molecule has 1 aromatic rings. The van der Waals surface area contributed by atoms with E-state index in [2.05, 4.69) is 17.2 Å². The molecule has 6 heteroatoms. The van der Waals surface area contributed by atoms with Crippen LogP contribution in [0.2, 0.25) is 0 Å². The summed E-state index contributed by atoms with van der Waals surface area (Å²) in [7, 11) is -3.46. The van der Waals surface area contributed by atoms with Gasteiger partial charge in [-0.15, -0.1) is 0 Å². The van der Waals surface area contributed by atoms with Crippen LogP contribution in [0.3, 0.4) is 0 Å². The average Bonchev–Trinajstić information content (AvgIpc) is 2.70. The number of rotatable bonds is 5. The van der Waals surface area contributed by atoms with Crippen LogP contribution in [0.15, 0.2) is 23.2 Å². The average molecular weight is 311 g/mol. The van der Waals surface area contributed by atoms with E-state index in [9.17, 15) is 8.42 Å². The molecule has 21 heavy (non-hydrogen) atoms. The van der Waals surface area contributed by atoms with E-state index in [-0.39, 0.29) is 0 Å². The maximum atomic E-state index is 12.9. The zero-order chi connectivity index (χ0) is 15.3. The largest absolute Gasteiger partial charge is 0.369 e. The molecule has 0 amide bonds. The van der Waals surface area contributed by atoms with E-state index in [4.69, 9.17) is 0 Å². The summed E-state index contributed by atoms with van der Waals surface area (Å²) in [6.45, 7) is 6.16. The first-order chi connectivity index (χ1) is 10.1. The van der Waals surface area contributed by atoms with Crippen LogP contribution >= 0.6 is 0 Å². The highest BCUT2D eigenvalue weighted by molar-refractivity contribution is 7.89. The number of pyridine rings is 1. The van der Waals surface area contributed by atoms with Crippen LogP contribution in [0.1, 0.15) is 39.5 Å². The van der Waals surface area contributed by atoms with Gasteiger partial charge in [0.05, 0.1) is 0 Å². The third-order valence-electron chi connectivity index (χ3n) is 3.91. The van der Waals surface area contributed by atoms with Crippen LogP contribution < -0.4 is 5.32 Å². The summed E-state index contributed by atoms with van der Waals surface area (Å²) >= 11 is 0. The van der Waals surface area contributed by atoms with Crippen molar-refractivity contribution in [2.45, 2.75) is 44.4 Å². The molecule has 0 radical (unpaired) electrons. The molecular weight excluding hydrogens is 286 g/mol. The third-order valence-corrected chi connectivity index (χ3v) is 5.84. The molecule has 2 rings (SSSR count). The molecule has 0 bridgehead atoms. The fourth-order valence-corrected chi connectivity index (χ4v) is 4.20. The Hall–Kier alpha value is -1.14. The fraction of sp³-hybridized carbons (Fsp3) is 0.667. The van der Waals surface area contributed by atoms with Crippen LogP contribution in [-0.2, 0) is 10.0 Å². The van der Waals surface area contributed by atoms with Crippen molar-refractivity contribution in [3.8, 4) is 0 Å². The first-order valence-electron chi connectivity index (χ1n) is 7.74. The van der Waals surface area contributed by atoms with Crippen molar-refractivity contribution >= 4 is 15.8 Å². The smallest absolute Gasteiger partial charge is 0.246 e. The second kappa shape index (κ2) is 7.22. The van der Waals surface area contributed by atoms with Gasteiger partial charge in [0, 0.05) is 25.8 Å². The summed E-state index contributed by atoms with van der Waals surface area (Å²) in [5.74, 6) is 1.06. The highest BCUT2D eigenvalue weighted by Gasteiger charge is 2.29. The Kier molecular flexibility index (Phi) is 5.58. The van der Waals surface area contributed by atoms with Crippen molar-refractivity contribution in [1.29, 1.82) is 0 Å². The first-order valence-corrected chi connectivity index (χ1v) is 9.18. The molecular formula is C15H25N3O2S. The van der Waals surface area contributed by atoms with Gasteiger partial charge in [-0.3, -0.25) is 0 Å². The van der Waals surface area contributed by atoms with Gasteiger partial charge in [-0.25, -0.2) is 13.4 Å². The lowest BCUT2D eigenvalue weighted by Crippen LogP contribution is -2.32. The summed E-state index contributed by atoms with van der Waals surface area (Å²) in [4.78, 5) is 4.50. The second-order valence-corrected chi connectivity index (χ2v) is 7.62. The Morgan fingerprint density at radius 1 is 1.38 bits per heavy atom. The van der Waals surface area contributed by atoms with Gasteiger partial charge in [-0.2, -0.15) is 4.31 Å².